The first-order valence-corrected chi connectivity index (χ1v) is 13.2. The lowest BCUT2D eigenvalue weighted by molar-refractivity contribution is -0.149. The summed E-state index contributed by atoms with van der Waals surface area (Å²) in [5.41, 5.74) is 1.40. The molecule has 1 aromatic carbocycles. The van der Waals surface area contributed by atoms with Crippen molar-refractivity contribution in [3.63, 3.8) is 0 Å². The summed E-state index contributed by atoms with van der Waals surface area (Å²) in [7, 11) is 0. The van der Waals surface area contributed by atoms with Crippen LogP contribution in [-0.2, 0) is 48.3 Å². The summed E-state index contributed by atoms with van der Waals surface area (Å²) >= 11 is 0. The minimum Gasteiger partial charge on any atom is -0.461 e. The fourth-order valence-corrected chi connectivity index (χ4v) is 4.44. The summed E-state index contributed by atoms with van der Waals surface area (Å²) in [6.45, 7) is 7.35. The number of nitrogens with zero attached hydrogens (tertiary/aromatic N) is 2. The molecule has 1 aliphatic rings. The molecule has 208 valence electrons. The van der Waals surface area contributed by atoms with Gasteiger partial charge in [-0.3, -0.25) is 24.0 Å². The average molecular weight is 537 g/mol. The molecule has 3 unspecified atom stereocenters. The maximum Gasteiger partial charge on any atom is 0.306 e. The third kappa shape index (κ3) is 8.53. The van der Waals surface area contributed by atoms with E-state index in [0.29, 0.717) is 11.5 Å². The topological polar surface area (TPSA) is 144 Å². The Morgan fingerprint density at radius 2 is 1.77 bits per heavy atom. The number of hydrogen-bond donors (Lipinski definition) is 2. The van der Waals surface area contributed by atoms with Crippen molar-refractivity contribution in [2.75, 3.05) is 0 Å². The standard InChI is InChI=1S/C29H36N4O6/c1-17(2)22(14-25(35)39-16-19-8-6-5-7-9-19)28(37)33-26(18(3)4)23(34)13-20-12-21-10-11-30-24(32-21)15-31-29(38)27(20)36/h5-11,17-18,20,22,26H,12-16H2,1-4H3,(H,31,38)(H,33,37). The smallest absolute Gasteiger partial charge is 0.306 e. The van der Waals surface area contributed by atoms with E-state index in [1.165, 1.54) is 0 Å². The quantitative estimate of drug-likeness (QED) is 0.329. The van der Waals surface area contributed by atoms with Gasteiger partial charge in [0.15, 0.2) is 5.78 Å². The van der Waals surface area contributed by atoms with Crippen molar-refractivity contribution in [3.05, 3.63) is 59.7 Å². The summed E-state index contributed by atoms with van der Waals surface area (Å²) in [6, 6.07) is 9.99. The van der Waals surface area contributed by atoms with Crippen molar-refractivity contribution >= 4 is 29.4 Å². The fourth-order valence-electron chi connectivity index (χ4n) is 4.44. The zero-order chi connectivity index (χ0) is 28.5. The molecule has 0 saturated carbocycles. The van der Waals surface area contributed by atoms with Gasteiger partial charge < -0.3 is 15.4 Å². The van der Waals surface area contributed by atoms with E-state index in [0.717, 1.165) is 5.56 Å². The molecule has 3 atom stereocenters. The van der Waals surface area contributed by atoms with Crippen molar-refractivity contribution in [3.8, 4) is 0 Å². The van der Waals surface area contributed by atoms with Crippen molar-refractivity contribution in [2.24, 2.45) is 23.7 Å². The highest BCUT2D eigenvalue weighted by Gasteiger charge is 2.35. The molecule has 2 amide bonds. The normalized spacial score (nSPS) is 16.9. The van der Waals surface area contributed by atoms with E-state index < -0.39 is 41.4 Å². The number of hydrogen-bond acceptors (Lipinski definition) is 8. The molecule has 1 aliphatic heterocycles. The molecule has 0 spiro atoms. The van der Waals surface area contributed by atoms with E-state index in [1.54, 1.807) is 26.1 Å². The lowest BCUT2D eigenvalue weighted by Gasteiger charge is -2.27. The van der Waals surface area contributed by atoms with E-state index in [9.17, 15) is 24.0 Å². The molecule has 39 heavy (non-hydrogen) atoms. The number of carbonyl (C=O) groups excluding carboxylic acids is 5. The van der Waals surface area contributed by atoms with Gasteiger partial charge in [0.25, 0.3) is 5.91 Å². The van der Waals surface area contributed by atoms with Crippen molar-refractivity contribution in [1.29, 1.82) is 0 Å². The summed E-state index contributed by atoms with van der Waals surface area (Å²) in [4.78, 5) is 72.8. The number of nitrogens with one attached hydrogen (secondary N) is 2. The number of Topliss-reactive ketones (excluding diaryl/α,β-unsaturated/α-hetero) is 2. The Hall–Kier alpha value is -3.95. The number of ether oxygens (including phenoxy) is 1. The van der Waals surface area contributed by atoms with Gasteiger partial charge in [-0.1, -0.05) is 58.0 Å². The summed E-state index contributed by atoms with van der Waals surface area (Å²) in [6.07, 6.45) is 1.29. The van der Waals surface area contributed by atoms with Crippen LogP contribution < -0.4 is 10.6 Å². The molecular formula is C29H36N4O6. The lowest BCUT2D eigenvalue weighted by Crippen LogP contribution is -2.49. The van der Waals surface area contributed by atoms with E-state index in [-0.39, 0.29) is 50.0 Å². The van der Waals surface area contributed by atoms with Crippen LogP contribution in [0.5, 0.6) is 0 Å². The molecule has 2 heterocycles. The first-order chi connectivity index (χ1) is 18.5. The number of amides is 2. The van der Waals surface area contributed by atoms with Crippen molar-refractivity contribution in [2.45, 2.75) is 66.2 Å². The van der Waals surface area contributed by atoms with Gasteiger partial charge in [0.1, 0.15) is 12.4 Å². The molecule has 3 rings (SSSR count). The number of fused-ring (bicyclic) bond motifs is 2. The highest BCUT2D eigenvalue weighted by Crippen LogP contribution is 2.21. The van der Waals surface area contributed by atoms with Gasteiger partial charge in [-0.05, 0) is 23.5 Å². The molecule has 10 nitrogen and oxygen atoms in total. The summed E-state index contributed by atoms with van der Waals surface area (Å²) < 4.78 is 5.36. The maximum absolute atomic E-state index is 13.4. The largest absolute Gasteiger partial charge is 0.461 e. The van der Waals surface area contributed by atoms with Crippen LogP contribution in [0.3, 0.4) is 0 Å². The molecule has 2 N–H and O–H groups in total. The molecule has 2 aromatic rings. The van der Waals surface area contributed by atoms with Gasteiger partial charge >= 0.3 is 5.97 Å². The predicted molar refractivity (Wildman–Crippen MR) is 142 cm³/mol. The Morgan fingerprint density at radius 3 is 2.44 bits per heavy atom. The highest BCUT2D eigenvalue weighted by molar-refractivity contribution is 6.37. The Bertz CT molecular complexity index is 1200. The van der Waals surface area contributed by atoms with E-state index >= 15 is 0 Å². The second-order valence-electron chi connectivity index (χ2n) is 10.5. The molecule has 0 saturated heterocycles. The SMILES string of the molecule is CC(C)C(CC(=O)OCc1ccccc1)C(=O)NC(C(=O)CC1Cc2ccnc(n2)CNC(=O)C1=O)C(C)C. The van der Waals surface area contributed by atoms with E-state index in [4.69, 9.17) is 4.74 Å². The number of rotatable bonds is 11. The number of carbonyl (C=O) groups is 5. The Morgan fingerprint density at radius 1 is 1.05 bits per heavy atom. The maximum atomic E-state index is 13.4. The third-order valence-electron chi connectivity index (χ3n) is 6.75. The van der Waals surface area contributed by atoms with Crippen molar-refractivity contribution < 1.29 is 28.7 Å². The van der Waals surface area contributed by atoms with Gasteiger partial charge in [-0.25, -0.2) is 9.97 Å². The summed E-state index contributed by atoms with van der Waals surface area (Å²) in [5, 5.41) is 5.30. The van der Waals surface area contributed by atoms with Gasteiger partial charge in [-0.2, -0.15) is 0 Å². The van der Waals surface area contributed by atoms with Gasteiger partial charge in [0.2, 0.25) is 11.7 Å². The van der Waals surface area contributed by atoms with Crippen LogP contribution >= 0.6 is 0 Å². The molecule has 0 radical (unpaired) electrons. The van der Waals surface area contributed by atoms with Gasteiger partial charge in [0, 0.05) is 30.7 Å². The number of esters is 1. The first-order valence-electron chi connectivity index (χ1n) is 13.2. The molecule has 0 aliphatic carbocycles. The Balaban J connectivity index is 1.67. The predicted octanol–water partition coefficient (Wildman–Crippen LogP) is 2.34. The van der Waals surface area contributed by atoms with E-state index in [2.05, 4.69) is 20.6 Å². The highest BCUT2D eigenvalue weighted by atomic mass is 16.5. The molecule has 1 aromatic heterocycles. The van der Waals surface area contributed by atoms with Gasteiger partial charge in [0.05, 0.1) is 24.9 Å². The van der Waals surface area contributed by atoms with Crippen molar-refractivity contribution in [1.82, 2.24) is 20.6 Å². The summed E-state index contributed by atoms with van der Waals surface area (Å²) in [5.74, 6) is -4.54. The molecule has 2 bridgehead atoms. The molecule has 0 fully saturated rings. The Labute approximate surface area is 228 Å². The fraction of sp³-hybridized carbons (Fsp3) is 0.483. The number of aromatic nitrogens is 2. The Kier molecular flexibility index (Phi) is 10.4. The van der Waals surface area contributed by atoms with Crippen LogP contribution in [0.25, 0.3) is 0 Å². The van der Waals surface area contributed by atoms with Crippen LogP contribution in [0.1, 0.15) is 57.6 Å². The zero-order valence-corrected chi connectivity index (χ0v) is 22.8. The minimum absolute atomic E-state index is 0.0220. The lowest BCUT2D eigenvalue weighted by atomic mass is 9.86. The van der Waals surface area contributed by atoms with Crippen LogP contribution in [0.4, 0.5) is 0 Å². The number of ketones is 2. The van der Waals surface area contributed by atoms with Crippen LogP contribution in [0.2, 0.25) is 0 Å². The average Bonchev–Trinajstić information content (AvgIpc) is 2.94. The first kappa shape index (κ1) is 29.6. The molecular weight excluding hydrogens is 500 g/mol. The van der Waals surface area contributed by atoms with Crippen LogP contribution in [0, 0.1) is 23.7 Å². The number of benzene rings is 1. The minimum atomic E-state index is -0.926. The second kappa shape index (κ2) is 13.7. The van der Waals surface area contributed by atoms with Crippen LogP contribution in [-0.4, -0.2) is 45.4 Å². The molecule has 10 heteroatoms. The van der Waals surface area contributed by atoms with Gasteiger partial charge in [-0.15, -0.1) is 0 Å². The van der Waals surface area contributed by atoms with E-state index in [1.807, 2.05) is 44.2 Å². The van der Waals surface area contributed by atoms with Crippen LogP contribution in [0.15, 0.2) is 42.6 Å². The second-order valence-corrected chi connectivity index (χ2v) is 10.5. The zero-order valence-electron chi connectivity index (χ0n) is 22.8. The third-order valence-corrected chi connectivity index (χ3v) is 6.75. The monoisotopic (exact) mass is 536 g/mol.